The van der Waals surface area contributed by atoms with Crippen LogP contribution in [-0.4, -0.2) is 49.1 Å². The summed E-state index contributed by atoms with van der Waals surface area (Å²) in [4.78, 5) is 16.2. The van der Waals surface area contributed by atoms with Crippen molar-refractivity contribution in [3.8, 4) is 5.75 Å². The molecule has 142 valence electrons. The van der Waals surface area contributed by atoms with Crippen molar-refractivity contribution in [1.29, 1.82) is 0 Å². The minimum absolute atomic E-state index is 0.287. The van der Waals surface area contributed by atoms with Gasteiger partial charge in [0.1, 0.15) is 5.75 Å². The van der Waals surface area contributed by atoms with E-state index in [1.807, 2.05) is 6.07 Å². The Hall–Kier alpha value is -1.55. The number of hydrogen-bond donors (Lipinski definition) is 0. The Balaban J connectivity index is 1.45. The van der Waals surface area contributed by atoms with Crippen LogP contribution < -0.4 is 4.74 Å². The molecule has 0 spiro atoms. The molecule has 26 heavy (non-hydrogen) atoms. The first kappa shape index (κ1) is 17.8. The van der Waals surface area contributed by atoms with Gasteiger partial charge >= 0.3 is 6.09 Å². The number of ether oxygens (including phenoxy) is 1. The Morgan fingerprint density at radius 3 is 2.77 bits per heavy atom. The minimum Gasteiger partial charge on any atom is -0.410 e. The molecule has 4 nitrogen and oxygen atoms in total. The molecule has 1 amide bonds. The highest BCUT2D eigenvalue weighted by atomic mass is 16.6. The fraction of sp³-hybridized carbons (Fsp3) is 0.682. The van der Waals surface area contributed by atoms with Crippen LogP contribution in [-0.2, 0) is 6.42 Å². The molecule has 1 aliphatic heterocycles. The standard InChI is InChI=1S/C22H32N2O2/c1-23(2)22(25)26-21-9-5-8-17-18-13-15-24(20(18)11-10-19(17)21)14-12-16-6-3-4-7-16/h5,8-9,16,18,20H,3-4,6-7,10-15H2,1-2H3/t18-,20+/m0/s1. The molecule has 2 atom stereocenters. The normalized spacial score (nSPS) is 25.8. The largest absolute Gasteiger partial charge is 0.414 e. The van der Waals surface area contributed by atoms with Crippen LogP contribution in [0.4, 0.5) is 4.79 Å². The van der Waals surface area contributed by atoms with Crippen molar-refractivity contribution in [3.63, 3.8) is 0 Å². The zero-order chi connectivity index (χ0) is 18.1. The number of nitrogens with zero attached hydrogens (tertiary/aromatic N) is 2. The summed E-state index contributed by atoms with van der Waals surface area (Å²) >= 11 is 0. The second-order valence-corrected chi connectivity index (χ2v) is 8.56. The van der Waals surface area contributed by atoms with Gasteiger partial charge in [-0.1, -0.05) is 37.8 Å². The van der Waals surface area contributed by atoms with Gasteiger partial charge < -0.3 is 9.64 Å². The summed E-state index contributed by atoms with van der Waals surface area (Å²) in [7, 11) is 3.46. The highest BCUT2D eigenvalue weighted by molar-refractivity contribution is 5.70. The smallest absolute Gasteiger partial charge is 0.410 e. The van der Waals surface area contributed by atoms with Gasteiger partial charge in [-0.25, -0.2) is 4.79 Å². The number of carbonyl (C=O) groups is 1. The molecule has 0 N–H and O–H groups in total. The second-order valence-electron chi connectivity index (χ2n) is 8.56. The highest BCUT2D eigenvalue weighted by Gasteiger charge is 2.39. The van der Waals surface area contributed by atoms with Gasteiger partial charge in [-0.3, -0.25) is 4.90 Å². The van der Waals surface area contributed by atoms with Gasteiger partial charge in [0, 0.05) is 26.1 Å². The van der Waals surface area contributed by atoms with E-state index in [0.29, 0.717) is 12.0 Å². The molecule has 3 aliphatic rings. The Morgan fingerprint density at radius 1 is 1.19 bits per heavy atom. The molecular formula is C22H32N2O2. The maximum Gasteiger partial charge on any atom is 0.414 e. The highest BCUT2D eigenvalue weighted by Crippen LogP contribution is 2.44. The summed E-state index contributed by atoms with van der Waals surface area (Å²) in [6.07, 6.45) is 10.3. The average molecular weight is 357 g/mol. The lowest BCUT2D eigenvalue weighted by Gasteiger charge is -2.34. The second kappa shape index (κ2) is 7.59. The number of carbonyl (C=O) groups excluding carboxylic acids is 1. The lowest BCUT2D eigenvalue weighted by atomic mass is 9.79. The van der Waals surface area contributed by atoms with Crippen molar-refractivity contribution in [2.24, 2.45) is 5.92 Å². The maximum atomic E-state index is 12.0. The van der Waals surface area contributed by atoms with Crippen molar-refractivity contribution in [2.45, 2.75) is 63.3 Å². The number of amides is 1. The number of benzene rings is 1. The van der Waals surface area contributed by atoms with Crippen LogP contribution in [0.15, 0.2) is 18.2 Å². The molecular weight excluding hydrogens is 324 g/mol. The Kier molecular flexibility index (Phi) is 5.21. The molecule has 1 saturated carbocycles. The van der Waals surface area contributed by atoms with E-state index in [4.69, 9.17) is 4.74 Å². The van der Waals surface area contributed by atoms with Crippen LogP contribution in [0.1, 0.15) is 62.0 Å². The number of rotatable bonds is 4. The summed E-state index contributed by atoms with van der Waals surface area (Å²) in [5.74, 6) is 2.35. The van der Waals surface area contributed by atoms with Crippen LogP contribution in [0.2, 0.25) is 0 Å². The van der Waals surface area contributed by atoms with Gasteiger partial charge in [0.25, 0.3) is 0 Å². The quantitative estimate of drug-likeness (QED) is 0.800. The van der Waals surface area contributed by atoms with Crippen LogP contribution in [0.5, 0.6) is 5.75 Å². The molecule has 0 bridgehead atoms. The van der Waals surface area contributed by atoms with E-state index in [-0.39, 0.29) is 6.09 Å². The van der Waals surface area contributed by atoms with E-state index < -0.39 is 0 Å². The monoisotopic (exact) mass is 356 g/mol. The SMILES string of the molecule is CN(C)C(=O)Oc1cccc2c1CC[C@@H]1[C@H]2CCN1CCC1CCCC1. The van der Waals surface area contributed by atoms with Gasteiger partial charge in [0.05, 0.1) is 0 Å². The predicted octanol–water partition coefficient (Wildman–Crippen LogP) is 4.43. The van der Waals surface area contributed by atoms with Gasteiger partial charge in [0.15, 0.2) is 0 Å². The van der Waals surface area contributed by atoms with Gasteiger partial charge in [-0.2, -0.15) is 0 Å². The number of hydrogen-bond acceptors (Lipinski definition) is 3. The fourth-order valence-corrected chi connectivity index (χ4v) is 5.36. The Labute approximate surface area is 157 Å². The van der Waals surface area contributed by atoms with Crippen LogP contribution in [0.25, 0.3) is 0 Å². The summed E-state index contributed by atoms with van der Waals surface area (Å²) in [6.45, 7) is 2.50. The van der Waals surface area contributed by atoms with Crippen molar-refractivity contribution in [2.75, 3.05) is 27.2 Å². The van der Waals surface area contributed by atoms with E-state index >= 15 is 0 Å². The zero-order valence-corrected chi connectivity index (χ0v) is 16.2. The molecule has 0 unspecified atom stereocenters. The predicted molar refractivity (Wildman–Crippen MR) is 104 cm³/mol. The molecule has 2 fully saturated rings. The third kappa shape index (κ3) is 3.48. The van der Waals surface area contributed by atoms with E-state index in [9.17, 15) is 4.79 Å². The minimum atomic E-state index is -0.287. The van der Waals surface area contributed by atoms with E-state index in [1.54, 1.807) is 14.1 Å². The summed E-state index contributed by atoms with van der Waals surface area (Å²) < 4.78 is 5.64. The van der Waals surface area contributed by atoms with Crippen molar-refractivity contribution < 1.29 is 9.53 Å². The van der Waals surface area contributed by atoms with E-state index in [0.717, 1.165) is 18.1 Å². The van der Waals surface area contributed by atoms with E-state index in [2.05, 4.69) is 17.0 Å². The van der Waals surface area contributed by atoms with Crippen molar-refractivity contribution in [3.05, 3.63) is 29.3 Å². The first-order chi connectivity index (χ1) is 12.6. The summed E-state index contributed by atoms with van der Waals surface area (Å²) in [5.41, 5.74) is 2.69. The van der Waals surface area contributed by atoms with Crippen LogP contribution in [0.3, 0.4) is 0 Å². The van der Waals surface area contributed by atoms with Gasteiger partial charge in [-0.15, -0.1) is 0 Å². The first-order valence-corrected chi connectivity index (χ1v) is 10.4. The first-order valence-electron chi connectivity index (χ1n) is 10.4. The van der Waals surface area contributed by atoms with Crippen molar-refractivity contribution >= 4 is 6.09 Å². The molecule has 1 aromatic rings. The van der Waals surface area contributed by atoms with Gasteiger partial charge in [-0.05, 0) is 61.9 Å². The van der Waals surface area contributed by atoms with Crippen molar-refractivity contribution in [1.82, 2.24) is 9.80 Å². The number of fused-ring (bicyclic) bond motifs is 3. The van der Waals surface area contributed by atoms with Crippen LogP contribution >= 0.6 is 0 Å². The van der Waals surface area contributed by atoms with Gasteiger partial charge in [0.2, 0.25) is 0 Å². The molecule has 1 saturated heterocycles. The average Bonchev–Trinajstić information content (AvgIpc) is 3.29. The molecule has 0 radical (unpaired) electrons. The number of likely N-dealkylation sites (tertiary alicyclic amines) is 1. The molecule has 4 rings (SSSR count). The lowest BCUT2D eigenvalue weighted by molar-refractivity contribution is 0.170. The Morgan fingerprint density at radius 2 is 2.00 bits per heavy atom. The molecule has 2 aliphatic carbocycles. The summed E-state index contributed by atoms with van der Waals surface area (Å²) in [6, 6.07) is 6.96. The van der Waals surface area contributed by atoms with Crippen LogP contribution in [0, 0.1) is 5.92 Å². The molecule has 1 aromatic carbocycles. The lowest BCUT2D eigenvalue weighted by Crippen LogP contribution is -2.36. The summed E-state index contributed by atoms with van der Waals surface area (Å²) in [5, 5.41) is 0. The third-order valence-corrected chi connectivity index (χ3v) is 6.78. The fourth-order valence-electron chi connectivity index (χ4n) is 5.36. The molecule has 0 aromatic heterocycles. The topological polar surface area (TPSA) is 32.8 Å². The zero-order valence-electron chi connectivity index (χ0n) is 16.2. The third-order valence-electron chi connectivity index (χ3n) is 6.78. The van der Waals surface area contributed by atoms with E-state index in [1.165, 1.54) is 74.1 Å². The maximum absolute atomic E-state index is 12.0. The Bertz CT molecular complexity index is 652. The molecule has 1 heterocycles. The molecule has 4 heteroatoms.